The van der Waals surface area contributed by atoms with E-state index in [0.717, 1.165) is 17.5 Å². The first-order chi connectivity index (χ1) is 10.3. The number of nitrogens with zero attached hydrogens (tertiary/aromatic N) is 2. The van der Waals surface area contributed by atoms with E-state index >= 15 is 0 Å². The summed E-state index contributed by atoms with van der Waals surface area (Å²) in [6.07, 6.45) is 0.296. The molecule has 0 amide bonds. The Labute approximate surface area is 128 Å². The predicted molar refractivity (Wildman–Crippen MR) is 81.7 cm³/mol. The fourth-order valence-corrected chi connectivity index (χ4v) is 2.70. The molecule has 0 aromatic heterocycles. The van der Waals surface area contributed by atoms with Gasteiger partial charge in [-0.3, -0.25) is 0 Å². The summed E-state index contributed by atoms with van der Waals surface area (Å²) in [6, 6.07) is 17.3. The molecule has 2 aromatic rings. The molecule has 0 aliphatic carbocycles. The van der Waals surface area contributed by atoms with E-state index in [1.54, 1.807) is 12.1 Å². The van der Waals surface area contributed by atoms with Crippen molar-refractivity contribution in [1.82, 2.24) is 5.01 Å². The fourth-order valence-electron chi connectivity index (χ4n) is 2.57. The van der Waals surface area contributed by atoms with E-state index in [0.29, 0.717) is 11.6 Å². The van der Waals surface area contributed by atoms with Gasteiger partial charge in [0, 0.05) is 10.6 Å². The Hall–Kier alpha value is -1.91. The Bertz CT molecular complexity index is 603. The minimum atomic E-state index is -0.437. The van der Waals surface area contributed by atoms with Gasteiger partial charge in [0.05, 0.1) is 17.9 Å². The quantitative estimate of drug-likeness (QED) is 0.803. The van der Waals surface area contributed by atoms with Crippen molar-refractivity contribution in [1.29, 1.82) is 0 Å². The van der Waals surface area contributed by atoms with Crippen LogP contribution in [-0.4, -0.2) is 17.7 Å². The van der Waals surface area contributed by atoms with Gasteiger partial charge < -0.3 is 4.74 Å². The molecule has 1 fully saturated rings. The first kappa shape index (κ1) is 14.0. The maximum absolute atomic E-state index is 11.2. The van der Waals surface area contributed by atoms with Crippen molar-refractivity contribution in [2.45, 2.75) is 18.7 Å². The lowest BCUT2D eigenvalue weighted by Crippen LogP contribution is -2.29. The Morgan fingerprint density at radius 1 is 1.14 bits per heavy atom. The molecule has 0 unspecified atom stereocenters. The van der Waals surface area contributed by atoms with Crippen LogP contribution in [0.4, 0.5) is 0 Å². The van der Waals surface area contributed by atoms with Crippen LogP contribution in [0.5, 0.6) is 0 Å². The van der Waals surface area contributed by atoms with Crippen LogP contribution in [0, 0.1) is 4.91 Å². The second-order valence-electron chi connectivity index (χ2n) is 5.04. The van der Waals surface area contributed by atoms with Crippen LogP contribution in [0.3, 0.4) is 0 Å². The maximum Gasteiger partial charge on any atom is 0.175 e. The van der Waals surface area contributed by atoms with Crippen LogP contribution in [-0.2, 0) is 11.2 Å². The third kappa shape index (κ3) is 3.06. The Kier molecular flexibility index (Phi) is 4.18. The van der Waals surface area contributed by atoms with Crippen LogP contribution >= 0.6 is 11.6 Å². The van der Waals surface area contributed by atoms with Crippen LogP contribution < -0.4 is 0 Å². The summed E-state index contributed by atoms with van der Waals surface area (Å²) >= 11 is 5.89. The van der Waals surface area contributed by atoms with Crippen molar-refractivity contribution in [2.75, 3.05) is 6.61 Å². The summed E-state index contributed by atoms with van der Waals surface area (Å²) in [4.78, 5) is 11.2. The van der Waals surface area contributed by atoms with Crippen molar-refractivity contribution in [3.63, 3.8) is 0 Å². The largest absolute Gasteiger partial charge is 0.350 e. The van der Waals surface area contributed by atoms with Gasteiger partial charge in [-0.05, 0) is 24.1 Å². The molecule has 1 saturated heterocycles. The zero-order chi connectivity index (χ0) is 14.7. The molecule has 1 heterocycles. The SMILES string of the molecule is O=NN1[C@@H](Cc2ccccc2)CO[C@@H]1c1ccc(Cl)cc1. The molecule has 1 aliphatic rings. The lowest BCUT2D eigenvalue weighted by atomic mass is 10.1. The smallest absolute Gasteiger partial charge is 0.175 e. The number of ether oxygens (including phenoxy) is 1. The summed E-state index contributed by atoms with van der Waals surface area (Å²) in [5.41, 5.74) is 2.05. The van der Waals surface area contributed by atoms with Gasteiger partial charge in [0.15, 0.2) is 6.23 Å². The van der Waals surface area contributed by atoms with E-state index in [2.05, 4.69) is 5.29 Å². The highest BCUT2D eigenvalue weighted by atomic mass is 35.5. The highest BCUT2D eigenvalue weighted by molar-refractivity contribution is 6.30. The molecule has 4 nitrogen and oxygen atoms in total. The van der Waals surface area contributed by atoms with Crippen LogP contribution in [0.15, 0.2) is 59.9 Å². The van der Waals surface area contributed by atoms with E-state index in [4.69, 9.17) is 16.3 Å². The molecule has 0 bridgehead atoms. The average Bonchev–Trinajstić information content (AvgIpc) is 2.92. The van der Waals surface area contributed by atoms with E-state index in [1.165, 1.54) is 5.01 Å². The first-order valence-electron chi connectivity index (χ1n) is 6.80. The number of halogens is 1. The van der Waals surface area contributed by atoms with E-state index in [-0.39, 0.29) is 6.04 Å². The molecule has 108 valence electrons. The van der Waals surface area contributed by atoms with Crippen LogP contribution in [0.1, 0.15) is 17.4 Å². The zero-order valence-electron chi connectivity index (χ0n) is 11.4. The second kappa shape index (κ2) is 6.24. The lowest BCUT2D eigenvalue weighted by molar-refractivity contribution is 0.0295. The van der Waals surface area contributed by atoms with Crippen molar-refractivity contribution < 1.29 is 4.74 Å². The highest BCUT2D eigenvalue weighted by Gasteiger charge is 2.35. The summed E-state index contributed by atoms with van der Waals surface area (Å²) in [5.74, 6) is 0. The first-order valence-corrected chi connectivity index (χ1v) is 7.18. The molecule has 0 radical (unpaired) electrons. The van der Waals surface area contributed by atoms with Gasteiger partial charge in [-0.25, -0.2) is 5.01 Å². The molecule has 5 heteroatoms. The monoisotopic (exact) mass is 302 g/mol. The summed E-state index contributed by atoms with van der Waals surface area (Å²) in [6.45, 7) is 0.480. The number of benzene rings is 2. The number of hydrogen-bond acceptors (Lipinski definition) is 3. The number of nitroso groups, excluding NO2 is 1. The Balaban J connectivity index is 1.76. The molecule has 2 aromatic carbocycles. The second-order valence-corrected chi connectivity index (χ2v) is 5.48. The third-order valence-electron chi connectivity index (χ3n) is 3.62. The molecule has 3 rings (SSSR count). The Morgan fingerprint density at radius 3 is 2.52 bits per heavy atom. The van der Waals surface area contributed by atoms with E-state index in [9.17, 15) is 4.91 Å². The van der Waals surface area contributed by atoms with Crippen LogP contribution in [0.25, 0.3) is 0 Å². The third-order valence-corrected chi connectivity index (χ3v) is 3.88. The molecular formula is C16H15ClN2O2. The standard InChI is InChI=1S/C16H15ClN2O2/c17-14-8-6-13(7-9-14)16-19(18-20)15(11-21-16)10-12-4-2-1-3-5-12/h1-9,15-16H,10-11H2/t15-,16+/m0/s1. The number of hydrogen-bond donors (Lipinski definition) is 0. The van der Waals surface area contributed by atoms with E-state index < -0.39 is 6.23 Å². The molecule has 21 heavy (non-hydrogen) atoms. The van der Waals surface area contributed by atoms with Gasteiger partial charge in [0.2, 0.25) is 0 Å². The fraction of sp³-hybridized carbons (Fsp3) is 0.250. The van der Waals surface area contributed by atoms with Crippen molar-refractivity contribution in [3.05, 3.63) is 75.7 Å². The summed E-state index contributed by atoms with van der Waals surface area (Å²) in [7, 11) is 0. The molecule has 0 N–H and O–H groups in total. The normalized spacial score (nSPS) is 21.5. The Morgan fingerprint density at radius 2 is 1.86 bits per heavy atom. The van der Waals surface area contributed by atoms with Gasteiger partial charge in [-0.15, -0.1) is 4.91 Å². The van der Waals surface area contributed by atoms with Gasteiger partial charge in [-0.1, -0.05) is 54.1 Å². The maximum atomic E-state index is 11.2. The van der Waals surface area contributed by atoms with E-state index in [1.807, 2.05) is 42.5 Å². The highest BCUT2D eigenvalue weighted by Crippen LogP contribution is 2.32. The molecular weight excluding hydrogens is 288 g/mol. The number of rotatable bonds is 4. The van der Waals surface area contributed by atoms with Gasteiger partial charge in [0.25, 0.3) is 0 Å². The predicted octanol–water partition coefficient (Wildman–Crippen LogP) is 3.96. The lowest BCUT2D eigenvalue weighted by Gasteiger charge is -2.22. The topological polar surface area (TPSA) is 41.9 Å². The molecule has 2 atom stereocenters. The van der Waals surface area contributed by atoms with Crippen molar-refractivity contribution in [2.24, 2.45) is 5.29 Å². The van der Waals surface area contributed by atoms with Gasteiger partial charge in [0.1, 0.15) is 0 Å². The minimum Gasteiger partial charge on any atom is -0.350 e. The van der Waals surface area contributed by atoms with Crippen molar-refractivity contribution in [3.8, 4) is 0 Å². The zero-order valence-corrected chi connectivity index (χ0v) is 12.1. The van der Waals surface area contributed by atoms with Crippen molar-refractivity contribution >= 4 is 11.6 Å². The molecule has 0 spiro atoms. The molecule has 0 saturated carbocycles. The molecule has 1 aliphatic heterocycles. The minimum absolute atomic E-state index is 0.0504. The average molecular weight is 303 g/mol. The van der Waals surface area contributed by atoms with Crippen LogP contribution in [0.2, 0.25) is 5.02 Å². The summed E-state index contributed by atoms with van der Waals surface area (Å²) < 4.78 is 5.76. The van der Waals surface area contributed by atoms with Gasteiger partial charge in [-0.2, -0.15) is 0 Å². The van der Waals surface area contributed by atoms with Gasteiger partial charge >= 0.3 is 0 Å². The summed E-state index contributed by atoms with van der Waals surface area (Å²) in [5, 5.41) is 5.32.